The zero-order chi connectivity index (χ0) is 16.0. The van der Waals surface area contributed by atoms with E-state index in [0.29, 0.717) is 11.8 Å². The van der Waals surface area contributed by atoms with Crippen molar-refractivity contribution in [2.24, 2.45) is 17.6 Å². The Morgan fingerprint density at radius 3 is 2.19 bits per heavy atom. The summed E-state index contributed by atoms with van der Waals surface area (Å²) in [4.78, 5) is 14.7. The fourth-order valence-corrected chi connectivity index (χ4v) is 3.30. The van der Waals surface area contributed by atoms with Gasteiger partial charge in [-0.1, -0.05) is 33.6 Å². The number of likely N-dealkylation sites (N-methyl/N-ethyl adjacent to an activating group) is 1. The molecule has 0 bridgehead atoms. The van der Waals surface area contributed by atoms with Crippen molar-refractivity contribution in [2.75, 3.05) is 19.6 Å². The normalized spacial score (nSPS) is 18.5. The summed E-state index contributed by atoms with van der Waals surface area (Å²) in [5.74, 6) is 0.934. The molecule has 1 fully saturated rings. The Hall–Kier alpha value is -0.610. The smallest absolute Gasteiger partial charge is 0.239 e. The number of nitrogens with two attached hydrogens (primary N) is 1. The Bertz CT molecular complexity index is 324. The van der Waals surface area contributed by atoms with Gasteiger partial charge in [0, 0.05) is 19.1 Å². The van der Waals surface area contributed by atoms with Gasteiger partial charge in [0.15, 0.2) is 0 Å². The third-order valence-electron chi connectivity index (χ3n) is 4.85. The molecule has 1 aliphatic carbocycles. The second-order valence-electron chi connectivity index (χ2n) is 6.92. The van der Waals surface area contributed by atoms with Crippen LogP contribution < -0.4 is 11.1 Å². The van der Waals surface area contributed by atoms with Gasteiger partial charge >= 0.3 is 0 Å². The minimum Gasteiger partial charge on any atom is -0.368 e. The SMILES string of the molecule is CCC(CC)CN(CC)CC(NC(C)C)(C(N)=O)C1CC1. The standard InChI is InChI=1S/C17H35N3O/c1-6-14(7-2)11-20(8-3)12-17(16(18)21,15-9-10-15)19-13(4)5/h13-15,19H,6-12H2,1-5H3,(H2,18,21). The topological polar surface area (TPSA) is 58.4 Å². The molecule has 124 valence electrons. The quantitative estimate of drug-likeness (QED) is 0.615. The molecule has 0 aromatic heterocycles. The summed E-state index contributed by atoms with van der Waals surface area (Å²) in [5, 5.41) is 3.51. The van der Waals surface area contributed by atoms with Gasteiger partial charge in [0.1, 0.15) is 5.54 Å². The average molecular weight is 297 g/mol. The number of hydrogen-bond acceptors (Lipinski definition) is 3. The lowest BCUT2D eigenvalue weighted by Gasteiger charge is -2.39. The maximum atomic E-state index is 12.2. The van der Waals surface area contributed by atoms with Crippen molar-refractivity contribution in [1.29, 1.82) is 0 Å². The van der Waals surface area contributed by atoms with Crippen LogP contribution >= 0.6 is 0 Å². The molecule has 1 saturated carbocycles. The highest BCUT2D eigenvalue weighted by molar-refractivity contribution is 5.86. The fourth-order valence-electron chi connectivity index (χ4n) is 3.30. The number of carbonyl (C=O) groups is 1. The average Bonchev–Trinajstić information content (AvgIpc) is 3.26. The molecule has 0 spiro atoms. The van der Waals surface area contributed by atoms with Crippen LogP contribution in [0.25, 0.3) is 0 Å². The summed E-state index contributed by atoms with van der Waals surface area (Å²) in [6.45, 7) is 13.6. The van der Waals surface area contributed by atoms with Crippen molar-refractivity contribution < 1.29 is 4.79 Å². The molecular formula is C17H35N3O. The molecule has 0 heterocycles. The predicted molar refractivity (Wildman–Crippen MR) is 89.1 cm³/mol. The molecular weight excluding hydrogens is 262 g/mol. The van der Waals surface area contributed by atoms with Crippen LogP contribution in [-0.2, 0) is 4.79 Å². The third-order valence-corrected chi connectivity index (χ3v) is 4.85. The van der Waals surface area contributed by atoms with E-state index in [-0.39, 0.29) is 11.9 Å². The summed E-state index contributed by atoms with van der Waals surface area (Å²) in [6.07, 6.45) is 4.62. The highest BCUT2D eigenvalue weighted by Gasteiger charge is 2.50. The van der Waals surface area contributed by atoms with Crippen molar-refractivity contribution in [3.05, 3.63) is 0 Å². The van der Waals surface area contributed by atoms with E-state index in [4.69, 9.17) is 5.73 Å². The first-order chi connectivity index (χ1) is 9.89. The molecule has 1 aliphatic rings. The summed E-state index contributed by atoms with van der Waals surface area (Å²) < 4.78 is 0. The molecule has 0 aromatic carbocycles. The number of nitrogens with zero attached hydrogens (tertiary/aromatic N) is 1. The van der Waals surface area contributed by atoms with Crippen LogP contribution in [0.5, 0.6) is 0 Å². The van der Waals surface area contributed by atoms with Crippen LogP contribution in [0, 0.1) is 11.8 Å². The molecule has 3 N–H and O–H groups in total. The Kier molecular flexibility index (Phi) is 7.14. The summed E-state index contributed by atoms with van der Waals surface area (Å²) in [5.41, 5.74) is 5.29. The van der Waals surface area contributed by atoms with Crippen LogP contribution in [0.1, 0.15) is 60.3 Å². The summed E-state index contributed by atoms with van der Waals surface area (Å²) in [6, 6.07) is 0.268. The molecule has 1 amide bonds. The Balaban J connectivity index is 2.84. The van der Waals surface area contributed by atoms with E-state index in [0.717, 1.165) is 32.5 Å². The maximum absolute atomic E-state index is 12.2. The van der Waals surface area contributed by atoms with E-state index < -0.39 is 5.54 Å². The molecule has 1 unspecified atom stereocenters. The molecule has 0 saturated heterocycles. The van der Waals surface area contributed by atoms with E-state index in [1.165, 1.54) is 12.8 Å². The Morgan fingerprint density at radius 2 is 1.86 bits per heavy atom. The van der Waals surface area contributed by atoms with Gasteiger partial charge in [0.2, 0.25) is 5.91 Å². The van der Waals surface area contributed by atoms with Gasteiger partial charge in [-0.15, -0.1) is 0 Å². The fraction of sp³-hybridized carbons (Fsp3) is 0.941. The zero-order valence-electron chi connectivity index (χ0n) is 14.6. The van der Waals surface area contributed by atoms with Gasteiger partial charge < -0.3 is 10.6 Å². The van der Waals surface area contributed by atoms with Crippen molar-refractivity contribution in [3.8, 4) is 0 Å². The van der Waals surface area contributed by atoms with E-state index in [1.54, 1.807) is 0 Å². The lowest BCUT2D eigenvalue weighted by molar-refractivity contribution is -0.126. The maximum Gasteiger partial charge on any atom is 0.239 e. The van der Waals surface area contributed by atoms with Crippen molar-refractivity contribution >= 4 is 5.91 Å². The second kappa shape index (κ2) is 8.14. The zero-order valence-corrected chi connectivity index (χ0v) is 14.6. The Labute approximate surface area is 130 Å². The first kappa shape index (κ1) is 18.4. The summed E-state index contributed by atoms with van der Waals surface area (Å²) >= 11 is 0. The monoisotopic (exact) mass is 297 g/mol. The van der Waals surface area contributed by atoms with Gasteiger partial charge in [0.25, 0.3) is 0 Å². The number of primary amides is 1. The van der Waals surface area contributed by atoms with Crippen molar-refractivity contribution in [3.63, 3.8) is 0 Å². The first-order valence-corrected chi connectivity index (χ1v) is 8.69. The number of rotatable bonds is 11. The lowest BCUT2D eigenvalue weighted by Crippen LogP contribution is -2.65. The molecule has 4 nitrogen and oxygen atoms in total. The molecule has 1 atom stereocenters. The number of nitrogens with one attached hydrogen (secondary N) is 1. The highest BCUT2D eigenvalue weighted by Crippen LogP contribution is 2.40. The van der Waals surface area contributed by atoms with E-state index in [2.05, 4.69) is 44.8 Å². The van der Waals surface area contributed by atoms with Crippen LogP contribution in [0.4, 0.5) is 0 Å². The van der Waals surface area contributed by atoms with Crippen LogP contribution in [-0.4, -0.2) is 42.0 Å². The van der Waals surface area contributed by atoms with Crippen LogP contribution in [0.3, 0.4) is 0 Å². The predicted octanol–water partition coefficient (Wildman–Crippen LogP) is 2.38. The van der Waals surface area contributed by atoms with Crippen molar-refractivity contribution in [2.45, 2.75) is 71.9 Å². The molecule has 0 aliphatic heterocycles. The van der Waals surface area contributed by atoms with Crippen LogP contribution in [0.2, 0.25) is 0 Å². The van der Waals surface area contributed by atoms with Crippen LogP contribution in [0.15, 0.2) is 0 Å². The van der Waals surface area contributed by atoms with Gasteiger partial charge in [-0.3, -0.25) is 10.1 Å². The molecule has 4 heteroatoms. The molecule has 1 rings (SSSR count). The molecule has 0 radical (unpaired) electrons. The summed E-state index contributed by atoms with van der Waals surface area (Å²) in [7, 11) is 0. The van der Waals surface area contributed by atoms with Gasteiger partial charge in [-0.05, 0) is 45.1 Å². The number of amides is 1. The van der Waals surface area contributed by atoms with Crippen molar-refractivity contribution in [1.82, 2.24) is 10.2 Å². The van der Waals surface area contributed by atoms with Gasteiger partial charge in [-0.25, -0.2) is 0 Å². The second-order valence-corrected chi connectivity index (χ2v) is 6.92. The molecule has 0 aromatic rings. The first-order valence-electron chi connectivity index (χ1n) is 8.69. The molecule has 21 heavy (non-hydrogen) atoms. The number of carbonyl (C=O) groups excluding carboxylic acids is 1. The van der Waals surface area contributed by atoms with E-state index >= 15 is 0 Å². The minimum absolute atomic E-state index is 0.179. The number of hydrogen-bond donors (Lipinski definition) is 2. The van der Waals surface area contributed by atoms with E-state index in [1.807, 2.05) is 0 Å². The van der Waals surface area contributed by atoms with E-state index in [9.17, 15) is 4.79 Å². The highest BCUT2D eigenvalue weighted by atomic mass is 16.1. The van der Waals surface area contributed by atoms with Gasteiger partial charge in [0.05, 0.1) is 0 Å². The largest absolute Gasteiger partial charge is 0.368 e. The third kappa shape index (κ3) is 4.96. The Morgan fingerprint density at radius 1 is 1.29 bits per heavy atom. The lowest BCUT2D eigenvalue weighted by atomic mass is 9.89. The van der Waals surface area contributed by atoms with Gasteiger partial charge in [-0.2, -0.15) is 0 Å². The minimum atomic E-state index is -0.545.